The van der Waals surface area contributed by atoms with Crippen LogP contribution in [0.2, 0.25) is 0 Å². The normalized spacial score (nSPS) is 11.3. The highest BCUT2D eigenvalue weighted by atomic mass is 32.1. The molecule has 0 bridgehead atoms. The summed E-state index contributed by atoms with van der Waals surface area (Å²) in [6.07, 6.45) is 1.82. The van der Waals surface area contributed by atoms with Crippen molar-refractivity contribution in [1.82, 2.24) is 9.97 Å². The molecule has 6 heteroatoms. The molecule has 2 aromatic heterocycles. The number of hydrogen-bond donors (Lipinski definition) is 0. The minimum atomic E-state index is 0.454. The molecule has 5 nitrogen and oxygen atoms in total. The molecule has 0 unspecified atom stereocenters. The Bertz CT molecular complexity index is 1180. The SMILES string of the molecule is COCc1cnc2c(C)cc(-c3nc4c(C)cc(OC)cc4s3)cc2c1OC. The van der Waals surface area contributed by atoms with Crippen LogP contribution < -0.4 is 9.47 Å². The summed E-state index contributed by atoms with van der Waals surface area (Å²) in [5.74, 6) is 1.65. The van der Waals surface area contributed by atoms with Gasteiger partial charge in [-0.3, -0.25) is 4.98 Å². The van der Waals surface area contributed by atoms with Crippen LogP contribution in [-0.2, 0) is 11.3 Å². The van der Waals surface area contributed by atoms with E-state index in [9.17, 15) is 0 Å². The van der Waals surface area contributed by atoms with Gasteiger partial charge in [0, 0.05) is 29.8 Å². The molecule has 0 saturated heterocycles. The van der Waals surface area contributed by atoms with E-state index >= 15 is 0 Å². The fourth-order valence-electron chi connectivity index (χ4n) is 3.53. The van der Waals surface area contributed by atoms with E-state index in [1.165, 1.54) is 0 Å². The zero-order valence-corrected chi connectivity index (χ0v) is 17.4. The van der Waals surface area contributed by atoms with E-state index in [1.807, 2.05) is 18.3 Å². The lowest BCUT2D eigenvalue weighted by Gasteiger charge is -2.13. The predicted molar refractivity (Wildman–Crippen MR) is 114 cm³/mol. The Balaban J connectivity index is 1.93. The van der Waals surface area contributed by atoms with Gasteiger partial charge in [0.05, 0.1) is 36.6 Å². The molecule has 0 aliphatic carbocycles. The molecule has 28 heavy (non-hydrogen) atoms. The third-order valence-corrected chi connectivity index (χ3v) is 5.88. The number of methoxy groups -OCH3 is 3. The van der Waals surface area contributed by atoms with E-state index in [0.29, 0.717) is 6.61 Å². The maximum atomic E-state index is 5.71. The summed E-state index contributed by atoms with van der Waals surface area (Å²) in [5.41, 5.74) is 6.12. The number of pyridine rings is 1. The first kappa shape index (κ1) is 18.7. The molecule has 0 atom stereocenters. The van der Waals surface area contributed by atoms with E-state index in [4.69, 9.17) is 19.2 Å². The van der Waals surface area contributed by atoms with Crippen LogP contribution in [0, 0.1) is 13.8 Å². The number of rotatable bonds is 5. The van der Waals surface area contributed by atoms with Crippen LogP contribution in [0.25, 0.3) is 31.7 Å². The first-order chi connectivity index (χ1) is 13.5. The number of aromatic nitrogens is 2. The molecule has 2 aromatic carbocycles. The van der Waals surface area contributed by atoms with Crippen molar-refractivity contribution in [2.24, 2.45) is 0 Å². The van der Waals surface area contributed by atoms with Crippen LogP contribution in [0.5, 0.6) is 11.5 Å². The van der Waals surface area contributed by atoms with E-state index < -0.39 is 0 Å². The minimum Gasteiger partial charge on any atom is -0.497 e. The summed E-state index contributed by atoms with van der Waals surface area (Å²) in [4.78, 5) is 9.53. The fraction of sp³-hybridized carbons (Fsp3) is 0.273. The van der Waals surface area contributed by atoms with Gasteiger partial charge in [-0.25, -0.2) is 4.98 Å². The van der Waals surface area contributed by atoms with Crippen LogP contribution in [-0.4, -0.2) is 31.3 Å². The van der Waals surface area contributed by atoms with Gasteiger partial charge in [-0.1, -0.05) is 0 Å². The van der Waals surface area contributed by atoms with Crippen LogP contribution in [0.4, 0.5) is 0 Å². The molecule has 0 aliphatic heterocycles. The monoisotopic (exact) mass is 394 g/mol. The Morgan fingerprint density at radius 2 is 1.71 bits per heavy atom. The Hall–Kier alpha value is -2.70. The Morgan fingerprint density at radius 3 is 2.43 bits per heavy atom. The summed E-state index contributed by atoms with van der Waals surface area (Å²) in [7, 11) is 5.04. The molecule has 4 rings (SSSR count). The maximum absolute atomic E-state index is 5.71. The van der Waals surface area contributed by atoms with E-state index in [-0.39, 0.29) is 0 Å². The van der Waals surface area contributed by atoms with E-state index in [0.717, 1.165) is 59.9 Å². The van der Waals surface area contributed by atoms with Gasteiger partial charge in [-0.05, 0) is 49.2 Å². The van der Waals surface area contributed by atoms with Gasteiger partial charge in [0.1, 0.15) is 16.5 Å². The number of fused-ring (bicyclic) bond motifs is 2. The topological polar surface area (TPSA) is 53.5 Å². The number of benzene rings is 2. The van der Waals surface area contributed by atoms with Gasteiger partial charge in [0.15, 0.2) is 0 Å². The van der Waals surface area contributed by atoms with Crippen molar-refractivity contribution >= 4 is 32.5 Å². The highest BCUT2D eigenvalue weighted by molar-refractivity contribution is 7.21. The molecule has 0 radical (unpaired) electrons. The van der Waals surface area contributed by atoms with Crippen LogP contribution in [0.15, 0.2) is 30.5 Å². The molecular weight excluding hydrogens is 372 g/mol. The lowest BCUT2D eigenvalue weighted by molar-refractivity contribution is 0.181. The summed E-state index contributed by atoms with van der Waals surface area (Å²) < 4.78 is 17.5. The van der Waals surface area contributed by atoms with Gasteiger partial charge < -0.3 is 14.2 Å². The smallest absolute Gasteiger partial charge is 0.135 e. The minimum absolute atomic E-state index is 0.454. The van der Waals surface area contributed by atoms with Gasteiger partial charge in [0.25, 0.3) is 0 Å². The summed E-state index contributed by atoms with van der Waals surface area (Å²) in [6, 6.07) is 8.30. The second kappa shape index (κ2) is 7.37. The van der Waals surface area contributed by atoms with Crippen molar-refractivity contribution in [1.29, 1.82) is 0 Å². The molecule has 4 aromatic rings. The molecule has 0 fully saturated rings. The average Bonchev–Trinajstić information content (AvgIpc) is 3.12. The average molecular weight is 394 g/mol. The highest BCUT2D eigenvalue weighted by Gasteiger charge is 2.16. The number of aryl methyl sites for hydroxylation is 2. The molecular formula is C22H22N2O3S. The number of nitrogens with zero attached hydrogens (tertiary/aromatic N) is 2. The van der Waals surface area contributed by atoms with Crippen molar-refractivity contribution in [2.75, 3.05) is 21.3 Å². The quantitative estimate of drug-likeness (QED) is 0.460. The first-order valence-electron chi connectivity index (χ1n) is 8.96. The molecule has 0 saturated carbocycles. The van der Waals surface area contributed by atoms with Crippen molar-refractivity contribution in [3.05, 3.63) is 47.2 Å². The standard InChI is InChI=1S/C22H22N2O3S/c1-12-6-14(8-17-19(12)23-10-15(11-25-3)21(17)27-5)22-24-20-13(2)7-16(26-4)9-18(20)28-22/h6-10H,11H2,1-5H3. The summed E-state index contributed by atoms with van der Waals surface area (Å²) >= 11 is 1.66. The van der Waals surface area contributed by atoms with Crippen LogP contribution in [0.3, 0.4) is 0 Å². The van der Waals surface area contributed by atoms with Gasteiger partial charge in [0.2, 0.25) is 0 Å². The lowest BCUT2D eigenvalue weighted by atomic mass is 10.0. The van der Waals surface area contributed by atoms with E-state index in [2.05, 4.69) is 31.0 Å². The highest BCUT2D eigenvalue weighted by Crippen LogP contribution is 2.38. The predicted octanol–water partition coefficient (Wildman–Crippen LogP) is 5.29. The Kier molecular flexibility index (Phi) is 4.91. The largest absolute Gasteiger partial charge is 0.497 e. The second-order valence-corrected chi connectivity index (χ2v) is 7.78. The lowest BCUT2D eigenvalue weighted by Crippen LogP contribution is -1.98. The molecule has 144 valence electrons. The maximum Gasteiger partial charge on any atom is 0.135 e. The van der Waals surface area contributed by atoms with Gasteiger partial charge >= 0.3 is 0 Å². The van der Waals surface area contributed by atoms with Crippen molar-refractivity contribution in [2.45, 2.75) is 20.5 Å². The third kappa shape index (κ3) is 3.08. The third-order valence-electron chi connectivity index (χ3n) is 4.83. The van der Waals surface area contributed by atoms with Crippen molar-refractivity contribution in [3.8, 4) is 22.1 Å². The van der Waals surface area contributed by atoms with Gasteiger partial charge in [-0.15, -0.1) is 11.3 Å². The van der Waals surface area contributed by atoms with Crippen LogP contribution in [0.1, 0.15) is 16.7 Å². The van der Waals surface area contributed by atoms with Gasteiger partial charge in [-0.2, -0.15) is 0 Å². The van der Waals surface area contributed by atoms with Crippen molar-refractivity contribution < 1.29 is 14.2 Å². The zero-order chi connectivity index (χ0) is 19.8. The Labute approximate surface area is 167 Å². The molecule has 0 aliphatic rings. The zero-order valence-electron chi connectivity index (χ0n) is 16.6. The molecule has 0 N–H and O–H groups in total. The number of thiazole rings is 1. The number of hydrogen-bond acceptors (Lipinski definition) is 6. The summed E-state index contributed by atoms with van der Waals surface area (Å²) in [6.45, 7) is 4.58. The number of ether oxygens (including phenoxy) is 3. The Morgan fingerprint density at radius 1 is 0.929 bits per heavy atom. The van der Waals surface area contributed by atoms with Crippen LogP contribution >= 0.6 is 11.3 Å². The van der Waals surface area contributed by atoms with E-state index in [1.54, 1.807) is 32.7 Å². The first-order valence-corrected chi connectivity index (χ1v) is 9.78. The molecule has 0 amide bonds. The van der Waals surface area contributed by atoms with Crippen molar-refractivity contribution in [3.63, 3.8) is 0 Å². The molecule has 0 spiro atoms. The fourth-order valence-corrected chi connectivity index (χ4v) is 4.59. The molecule has 2 heterocycles. The summed E-state index contributed by atoms with van der Waals surface area (Å²) in [5, 5.41) is 1.94. The second-order valence-electron chi connectivity index (χ2n) is 6.75.